The van der Waals surface area contributed by atoms with Gasteiger partial charge in [0.15, 0.2) is 0 Å². The molecular formula is C40H100N4O6. The lowest BCUT2D eigenvalue weighted by atomic mass is 9.89. The van der Waals surface area contributed by atoms with Crippen LogP contribution in [0.4, 0.5) is 0 Å². The standard InChI is InChI=1S/C9H19NO2.C8H17NO2.C8H17NO.C7H15NO.8CH4/c1-6-9(2,3)8(11)12-7-10(4)5;1-5-7(2)8(10)11-6-9(3)4;1-6-8(2,3)7(10)9(4)5;1-5-6(2)7(9)8(3)4;;;;;;;;/h6-7H2,1-5H3;7H,5-6H2,1-4H3;6H2,1-5H3;6H,5H2,1-4H3;8*1H4. The molecule has 0 aliphatic rings. The molecule has 0 aliphatic carbocycles. The van der Waals surface area contributed by atoms with E-state index >= 15 is 0 Å². The van der Waals surface area contributed by atoms with Crippen LogP contribution in [-0.2, 0) is 28.7 Å². The van der Waals surface area contributed by atoms with Gasteiger partial charge < -0.3 is 19.3 Å². The van der Waals surface area contributed by atoms with Crippen LogP contribution in [0.1, 0.15) is 154 Å². The monoisotopic (exact) mass is 733 g/mol. The van der Waals surface area contributed by atoms with E-state index in [0.717, 1.165) is 25.7 Å². The van der Waals surface area contributed by atoms with Gasteiger partial charge in [-0.3, -0.25) is 29.0 Å². The maximum absolute atomic E-state index is 11.4. The minimum Gasteiger partial charge on any atom is -0.449 e. The summed E-state index contributed by atoms with van der Waals surface area (Å²) >= 11 is 0. The number of hydrogen-bond acceptors (Lipinski definition) is 8. The first kappa shape index (κ1) is 81.7. The van der Waals surface area contributed by atoms with Crippen molar-refractivity contribution >= 4 is 23.8 Å². The molecule has 0 bridgehead atoms. The third-order valence-electron chi connectivity index (χ3n) is 6.71. The van der Waals surface area contributed by atoms with Crippen LogP contribution in [0.2, 0.25) is 0 Å². The number of amides is 2. The molecule has 0 saturated carbocycles. The molecule has 0 saturated heterocycles. The molecule has 0 aliphatic heterocycles. The minimum atomic E-state index is -0.351. The average Bonchev–Trinajstić information content (AvgIpc) is 2.93. The van der Waals surface area contributed by atoms with Crippen LogP contribution < -0.4 is 0 Å². The van der Waals surface area contributed by atoms with Crippen molar-refractivity contribution in [1.29, 1.82) is 0 Å². The molecule has 0 aromatic rings. The van der Waals surface area contributed by atoms with Crippen LogP contribution in [0.25, 0.3) is 0 Å². The Hall–Kier alpha value is -2.20. The molecular weight excluding hydrogens is 632 g/mol. The van der Waals surface area contributed by atoms with E-state index in [4.69, 9.17) is 9.47 Å². The number of rotatable bonds is 12. The molecule has 0 spiro atoms. The molecule has 0 aromatic carbocycles. The van der Waals surface area contributed by atoms with Gasteiger partial charge in [-0.1, -0.05) is 115 Å². The van der Waals surface area contributed by atoms with Crippen LogP contribution in [0.3, 0.4) is 0 Å². The Bertz CT molecular complexity index is 752. The van der Waals surface area contributed by atoms with E-state index in [-0.39, 0.29) is 106 Å². The molecule has 2 atom stereocenters. The Morgan fingerprint density at radius 3 is 1.04 bits per heavy atom. The lowest BCUT2D eigenvalue weighted by Gasteiger charge is -2.25. The second kappa shape index (κ2) is 43.0. The minimum absolute atomic E-state index is 0. The SMILES string of the molecule is C.C.C.C.C.C.C.C.CCC(C)(C)C(=O)N(C)C.CCC(C)(C)C(=O)OCN(C)C.CCC(C)C(=O)N(C)C.CCC(C)C(=O)OCN(C)C. The van der Waals surface area contributed by atoms with E-state index in [1.807, 2.05) is 107 Å². The first-order valence-corrected chi connectivity index (χ1v) is 15.0. The summed E-state index contributed by atoms with van der Waals surface area (Å²) < 4.78 is 9.99. The Balaban J connectivity index is -0.0000000367. The topological polar surface area (TPSA) is 99.7 Å². The van der Waals surface area contributed by atoms with E-state index in [0.29, 0.717) is 13.5 Å². The van der Waals surface area contributed by atoms with Gasteiger partial charge in [-0.2, -0.15) is 0 Å². The number of carbonyl (C=O) groups excluding carboxylic acids is 4. The molecule has 2 amide bonds. The fourth-order valence-corrected chi connectivity index (χ4v) is 2.40. The Kier molecular flexibility index (Phi) is 70.2. The highest BCUT2D eigenvalue weighted by Gasteiger charge is 2.27. The fraction of sp³-hybridized carbons (Fsp3) is 0.900. The van der Waals surface area contributed by atoms with E-state index in [9.17, 15) is 19.2 Å². The van der Waals surface area contributed by atoms with E-state index in [1.54, 1.807) is 38.0 Å². The summed E-state index contributed by atoms with van der Waals surface area (Å²) in [5.74, 6) is 0.391. The van der Waals surface area contributed by atoms with Crippen LogP contribution in [0, 0.1) is 22.7 Å². The Morgan fingerprint density at radius 1 is 0.520 bits per heavy atom. The normalized spacial score (nSPS) is 10.3. The second-order valence-corrected chi connectivity index (χ2v) is 12.8. The molecule has 2 unspecified atom stereocenters. The van der Waals surface area contributed by atoms with E-state index in [2.05, 4.69) is 0 Å². The lowest BCUT2D eigenvalue weighted by Crippen LogP contribution is -2.35. The van der Waals surface area contributed by atoms with Gasteiger partial charge in [-0.15, -0.1) is 0 Å². The summed E-state index contributed by atoms with van der Waals surface area (Å²) in [7, 11) is 14.6. The van der Waals surface area contributed by atoms with Crippen molar-refractivity contribution in [1.82, 2.24) is 19.6 Å². The number of esters is 2. The molecule has 0 radical (unpaired) electrons. The predicted molar refractivity (Wildman–Crippen MR) is 228 cm³/mol. The Labute approximate surface area is 318 Å². The van der Waals surface area contributed by atoms with Crippen molar-refractivity contribution in [2.75, 3.05) is 69.8 Å². The van der Waals surface area contributed by atoms with Crippen LogP contribution in [0.5, 0.6) is 0 Å². The molecule has 0 aromatic heterocycles. The van der Waals surface area contributed by atoms with Crippen molar-refractivity contribution in [3.63, 3.8) is 0 Å². The smallest absolute Gasteiger partial charge is 0.312 e. The lowest BCUT2D eigenvalue weighted by molar-refractivity contribution is -0.158. The molecule has 0 fully saturated rings. The highest BCUT2D eigenvalue weighted by molar-refractivity contribution is 5.81. The number of hydrogen-bond donors (Lipinski definition) is 0. The maximum atomic E-state index is 11.4. The van der Waals surface area contributed by atoms with Crippen molar-refractivity contribution in [2.24, 2.45) is 22.7 Å². The van der Waals surface area contributed by atoms with Gasteiger partial charge in [0.25, 0.3) is 0 Å². The van der Waals surface area contributed by atoms with Gasteiger partial charge in [-0.25, -0.2) is 0 Å². The first-order valence-electron chi connectivity index (χ1n) is 15.0. The first-order chi connectivity index (χ1) is 19.0. The summed E-state index contributed by atoms with van der Waals surface area (Å²) in [5.41, 5.74) is -0.542. The predicted octanol–water partition coefficient (Wildman–Crippen LogP) is 10.3. The van der Waals surface area contributed by atoms with E-state index < -0.39 is 0 Å². The van der Waals surface area contributed by atoms with Crippen molar-refractivity contribution in [2.45, 2.75) is 154 Å². The van der Waals surface area contributed by atoms with Gasteiger partial charge in [-0.05, 0) is 67.7 Å². The third-order valence-corrected chi connectivity index (χ3v) is 6.71. The molecule has 50 heavy (non-hydrogen) atoms. The molecule has 0 heterocycles. The summed E-state index contributed by atoms with van der Waals surface area (Å²) in [6.07, 6.45) is 3.46. The number of nitrogens with zero attached hydrogens (tertiary/aromatic N) is 4. The number of ether oxygens (including phenoxy) is 2. The molecule has 10 nitrogen and oxygen atoms in total. The third kappa shape index (κ3) is 43.8. The average molecular weight is 733 g/mol. The summed E-state index contributed by atoms with van der Waals surface area (Å²) in [4.78, 5) is 51.6. The van der Waals surface area contributed by atoms with Crippen LogP contribution in [0.15, 0.2) is 0 Å². The molecule has 0 rings (SSSR count). The Morgan fingerprint density at radius 2 is 0.840 bits per heavy atom. The largest absolute Gasteiger partial charge is 0.449 e. The van der Waals surface area contributed by atoms with Crippen LogP contribution >= 0.6 is 0 Å². The van der Waals surface area contributed by atoms with Gasteiger partial charge in [0.05, 0.1) is 11.3 Å². The van der Waals surface area contributed by atoms with Gasteiger partial charge >= 0.3 is 11.9 Å². The van der Waals surface area contributed by atoms with Crippen molar-refractivity contribution in [3.05, 3.63) is 0 Å². The zero-order chi connectivity index (χ0) is 34.4. The number of carbonyl (C=O) groups is 4. The zero-order valence-electron chi connectivity index (χ0n) is 30.6. The van der Waals surface area contributed by atoms with Gasteiger partial charge in [0.1, 0.15) is 13.5 Å². The maximum Gasteiger partial charge on any atom is 0.312 e. The summed E-state index contributed by atoms with van der Waals surface area (Å²) in [6.45, 7) is 20.3. The summed E-state index contributed by atoms with van der Waals surface area (Å²) in [6, 6.07) is 0. The zero-order valence-corrected chi connectivity index (χ0v) is 30.6. The van der Waals surface area contributed by atoms with Crippen molar-refractivity contribution in [3.8, 4) is 0 Å². The highest BCUT2D eigenvalue weighted by atomic mass is 16.5. The highest BCUT2D eigenvalue weighted by Crippen LogP contribution is 2.22. The quantitative estimate of drug-likeness (QED) is 0.144. The van der Waals surface area contributed by atoms with Crippen LogP contribution in [-0.4, -0.2) is 113 Å². The second-order valence-electron chi connectivity index (χ2n) is 12.8. The van der Waals surface area contributed by atoms with E-state index in [1.165, 1.54) is 0 Å². The van der Waals surface area contributed by atoms with Gasteiger partial charge in [0, 0.05) is 39.5 Å². The summed E-state index contributed by atoms with van der Waals surface area (Å²) in [5, 5.41) is 0. The molecule has 10 heteroatoms. The van der Waals surface area contributed by atoms with Crippen molar-refractivity contribution < 1.29 is 28.7 Å². The fourth-order valence-electron chi connectivity index (χ4n) is 2.40. The van der Waals surface area contributed by atoms with Gasteiger partial charge in [0.2, 0.25) is 11.8 Å². The molecule has 0 N–H and O–H groups in total. The molecule has 316 valence electrons.